The molecule has 0 radical (unpaired) electrons. The number of hydrogen-bond donors (Lipinski definition) is 0. The molecule has 116 valence electrons. The molecule has 0 saturated carbocycles. The van der Waals surface area contributed by atoms with Crippen LogP contribution in [-0.4, -0.2) is 4.98 Å². The molecule has 0 saturated heterocycles. The van der Waals surface area contributed by atoms with Crippen LogP contribution in [0.5, 0.6) is 0 Å². The van der Waals surface area contributed by atoms with Crippen LogP contribution < -0.4 is 0 Å². The number of nitrogens with zero attached hydrogens (tertiary/aromatic N) is 2. The van der Waals surface area contributed by atoms with Gasteiger partial charge in [-0.15, -0.1) is 11.3 Å². The van der Waals surface area contributed by atoms with Crippen LogP contribution in [0.2, 0.25) is 0 Å². The van der Waals surface area contributed by atoms with Crippen molar-refractivity contribution in [2.75, 3.05) is 0 Å². The lowest BCUT2D eigenvalue weighted by Gasteiger charge is -1.95. The fourth-order valence-electron chi connectivity index (χ4n) is 2.13. The van der Waals surface area contributed by atoms with Gasteiger partial charge in [0, 0.05) is 10.9 Å². The molecule has 2 nitrogen and oxygen atoms in total. The first-order chi connectivity index (χ1) is 11.8. The zero-order valence-corrected chi connectivity index (χ0v) is 13.5. The minimum Gasteiger partial charge on any atom is -0.235 e. The van der Waals surface area contributed by atoms with Crippen LogP contribution in [0.3, 0.4) is 0 Å². The third kappa shape index (κ3) is 3.83. The molecule has 0 amide bonds. The maximum atomic E-state index is 13.0. The predicted octanol–water partition coefficient (Wildman–Crippen LogP) is 5.57. The summed E-state index contributed by atoms with van der Waals surface area (Å²) in [5, 5.41) is 11.9. The van der Waals surface area contributed by atoms with Crippen LogP contribution in [0.1, 0.15) is 10.6 Å². The fraction of sp³-hybridized carbons (Fsp3) is 0. The summed E-state index contributed by atoms with van der Waals surface area (Å²) in [7, 11) is 0. The Morgan fingerprint density at radius 2 is 1.83 bits per heavy atom. The van der Waals surface area contributed by atoms with Crippen molar-refractivity contribution in [1.82, 2.24) is 4.98 Å². The molecule has 2 aromatic carbocycles. The van der Waals surface area contributed by atoms with E-state index in [0.717, 1.165) is 16.8 Å². The average Bonchev–Trinajstić information content (AvgIpc) is 3.10. The smallest absolute Gasteiger partial charge is 0.134 e. The Morgan fingerprint density at radius 1 is 1.08 bits per heavy atom. The summed E-state index contributed by atoms with van der Waals surface area (Å²) in [6, 6.07) is 18.2. The van der Waals surface area contributed by atoms with Gasteiger partial charge in [-0.05, 0) is 35.9 Å². The largest absolute Gasteiger partial charge is 0.235 e. The van der Waals surface area contributed by atoms with E-state index < -0.39 is 0 Å². The molecule has 0 fully saturated rings. The Labute approximate surface area is 143 Å². The van der Waals surface area contributed by atoms with Crippen molar-refractivity contribution in [1.29, 1.82) is 5.26 Å². The number of aromatic nitrogens is 1. The molecule has 0 aliphatic rings. The van der Waals surface area contributed by atoms with Crippen molar-refractivity contribution in [3.63, 3.8) is 0 Å². The van der Waals surface area contributed by atoms with Crippen molar-refractivity contribution in [3.8, 4) is 17.3 Å². The van der Waals surface area contributed by atoms with E-state index in [1.807, 2.05) is 47.9 Å². The van der Waals surface area contributed by atoms with Gasteiger partial charge < -0.3 is 0 Å². The van der Waals surface area contributed by atoms with Gasteiger partial charge in [0.2, 0.25) is 0 Å². The molecule has 1 heterocycles. The SMILES string of the molecule is N#C/C(=C\C=Cc1ccccc1)c1nc(-c2ccc(F)cc2)cs1. The zero-order valence-electron chi connectivity index (χ0n) is 12.7. The topological polar surface area (TPSA) is 36.7 Å². The molecular weight excluding hydrogens is 319 g/mol. The Morgan fingerprint density at radius 3 is 2.54 bits per heavy atom. The fourth-order valence-corrected chi connectivity index (χ4v) is 2.93. The van der Waals surface area contributed by atoms with Gasteiger partial charge >= 0.3 is 0 Å². The number of hydrogen-bond acceptors (Lipinski definition) is 3. The minimum absolute atomic E-state index is 0.280. The van der Waals surface area contributed by atoms with Gasteiger partial charge in [0.15, 0.2) is 0 Å². The van der Waals surface area contributed by atoms with E-state index in [2.05, 4.69) is 11.1 Å². The Balaban J connectivity index is 1.82. The molecule has 24 heavy (non-hydrogen) atoms. The second-order valence-corrected chi connectivity index (χ2v) is 5.86. The molecule has 0 bridgehead atoms. The molecule has 4 heteroatoms. The maximum Gasteiger partial charge on any atom is 0.134 e. The zero-order chi connectivity index (χ0) is 16.8. The first-order valence-corrected chi connectivity index (χ1v) is 8.19. The van der Waals surface area contributed by atoms with Crippen molar-refractivity contribution in [2.45, 2.75) is 0 Å². The maximum absolute atomic E-state index is 13.0. The van der Waals surface area contributed by atoms with Gasteiger partial charge in [-0.1, -0.05) is 42.5 Å². The number of halogens is 1. The minimum atomic E-state index is -0.280. The second kappa shape index (κ2) is 7.49. The van der Waals surface area contributed by atoms with Crippen molar-refractivity contribution in [2.24, 2.45) is 0 Å². The van der Waals surface area contributed by atoms with Crippen molar-refractivity contribution < 1.29 is 4.39 Å². The van der Waals surface area contributed by atoms with Crippen molar-refractivity contribution >= 4 is 23.0 Å². The van der Waals surface area contributed by atoms with E-state index in [1.54, 1.807) is 18.2 Å². The third-order valence-corrected chi connectivity index (χ3v) is 4.22. The Bertz CT molecular complexity index is 916. The van der Waals surface area contributed by atoms with Crippen LogP contribution in [-0.2, 0) is 0 Å². The van der Waals surface area contributed by atoms with Gasteiger partial charge in [0.05, 0.1) is 11.3 Å². The lowest BCUT2D eigenvalue weighted by atomic mass is 10.2. The Hall–Kier alpha value is -3.03. The third-order valence-electron chi connectivity index (χ3n) is 3.35. The average molecular weight is 332 g/mol. The van der Waals surface area contributed by atoms with Gasteiger partial charge in [-0.2, -0.15) is 5.26 Å². The molecule has 0 N–H and O–H groups in total. The number of nitriles is 1. The monoisotopic (exact) mass is 332 g/mol. The molecule has 0 unspecified atom stereocenters. The second-order valence-electron chi connectivity index (χ2n) is 5.01. The van der Waals surface area contributed by atoms with Crippen LogP contribution in [0.15, 0.2) is 72.1 Å². The summed E-state index contributed by atoms with van der Waals surface area (Å²) in [5.41, 5.74) is 3.14. The molecule has 3 rings (SSSR count). The highest BCUT2D eigenvalue weighted by molar-refractivity contribution is 7.11. The van der Waals surface area contributed by atoms with Gasteiger partial charge in [-0.3, -0.25) is 0 Å². The lowest BCUT2D eigenvalue weighted by Crippen LogP contribution is -1.82. The molecule has 0 atom stereocenters. The normalized spacial score (nSPS) is 11.6. The number of benzene rings is 2. The quantitative estimate of drug-likeness (QED) is 0.462. The highest BCUT2D eigenvalue weighted by Crippen LogP contribution is 2.26. The molecule has 3 aromatic rings. The number of rotatable bonds is 4. The molecule has 0 spiro atoms. The predicted molar refractivity (Wildman–Crippen MR) is 96.6 cm³/mol. The van der Waals surface area contributed by atoms with E-state index in [4.69, 9.17) is 0 Å². The summed E-state index contributed by atoms with van der Waals surface area (Å²) in [6.07, 6.45) is 5.53. The molecule has 0 aliphatic heterocycles. The van der Waals surface area contributed by atoms with E-state index in [-0.39, 0.29) is 5.82 Å². The van der Waals surface area contributed by atoms with E-state index in [1.165, 1.54) is 23.5 Å². The van der Waals surface area contributed by atoms with Gasteiger partial charge in [0.1, 0.15) is 16.9 Å². The summed E-state index contributed by atoms with van der Waals surface area (Å²) in [4.78, 5) is 4.48. The molecule has 1 aromatic heterocycles. The van der Waals surface area contributed by atoms with Crippen molar-refractivity contribution in [3.05, 3.63) is 88.5 Å². The van der Waals surface area contributed by atoms with E-state index >= 15 is 0 Å². The molecule has 0 aliphatic carbocycles. The Kier molecular flexibility index (Phi) is 4.95. The van der Waals surface area contributed by atoms with Gasteiger partial charge in [-0.25, -0.2) is 9.37 Å². The summed E-state index contributed by atoms with van der Waals surface area (Å²) < 4.78 is 13.0. The number of allylic oxidation sites excluding steroid dienone is 3. The highest BCUT2D eigenvalue weighted by atomic mass is 32.1. The van der Waals surface area contributed by atoms with Crippen LogP contribution in [0.4, 0.5) is 4.39 Å². The van der Waals surface area contributed by atoms with Gasteiger partial charge in [0.25, 0.3) is 0 Å². The standard InChI is InChI=1S/C20H13FN2S/c21-18-11-9-16(10-12-18)19-14-24-20(23-19)17(13-22)8-4-7-15-5-2-1-3-6-15/h1-12,14H/b7-4?,17-8+. The first kappa shape index (κ1) is 15.9. The highest BCUT2D eigenvalue weighted by Gasteiger charge is 2.08. The first-order valence-electron chi connectivity index (χ1n) is 7.31. The summed E-state index contributed by atoms with van der Waals surface area (Å²) >= 11 is 1.40. The summed E-state index contributed by atoms with van der Waals surface area (Å²) in [6.45, 7) is 0. The van der Waals surface area contributed by atoms with E-state index in [0.29, 0.717) is 10.6 Å². The van der Waals surface area contributed by atoms with Crippen LogP contribution in [0, 0.1) is 17.1 Å². The number of thiazole rings is 1. The van der Waals surface area contributed by atoms with Crippen LogP contribution in [0.25, 0.3) is 22.9 Å². The van der Waals surface area contributed by atoms with E-state index in [9.17, 15) is 9.65 Å². The van der Waals surface area contributed by atoms with Crippen LogP contribution >= 0.6 is 11.3 Å². The summed E-state index contributed by atoms with van der Waals surface area (Å²) in [5.74, 6) is -0.280. The molecular formula is C20H13FN2S. The lowest BCUT2D eigenvalue weighted by molar-refractivity contribution is 0.628.